The van der Waals surface area contributed by atoms with E-state index in [0.717, 1.165) is 9.75 Å². The maximum atomic E-state index is 12.1. The topological polar surface area (TPSA) is 68.3 Å². The van der Waals surface area contributed by atoms with Crippen molar-refractivity contribution in [3.8, 4) is 10.6 Å². The summed E-state index contributed by atoms with van der Waals surface area (Å²) >= 11 is 1.56. The van der Waals surface area contributed by atoms with Gasteiger partial charge in [0.2, 0.25) is 0 Å². The van der Waals surface area contributed by atoms with Crippen LogP contribution in [0.5, 0.6) is 0 Å². The lowest BCUT2D eigenvalue weighted by Crippen LogP contribution is -2.23. The number of nitrogens with one attached hydrogen (secondary N) is 1. The van der Waals surface area contributed by atoms with Crippen LogP contribution in [0.4, 0.5) is 0 Å². The predicted octanol–water partition coefficient (Wildman–Crippen LogP) is 3.23. The van der Waals surface area contributed by atoms with E-state index in [9.17, 15) is 4.79 Å². The van der Waals surface area contributed by atoms with Crippen molar-refractivity contribution in [1.82, 2.24) is 10.3 Å². The number of hydrogen-bond donors (Lipinski definition) is 1. The van der Waals surface area contributed by atoms with E-state index in [1.54, 1.807) is 29.7 Å². The number of oxazole rings is 1. The second kappa shape index (κ2) is 5.34. The third-order valence-corrected chi connectivity index (χ3v) is 3.75. The Labute approximate surface area is 119 Å². The van der Waals surface area contributed by atoms with Gasteiger partial charge < -0.3 is 14.2 Å². The van der Waals surface area contributed by atoms with Gasteiger partial charge in [-0.2, -0.15) is 0 Å². The quantitative estimate of drug-likeness (QED) is 0.800. The van der Waals surface area contributed by atoms with E-state index in [1.165, 1.54) is 6.39 Å². The molecule has 0 aliphatic rings. The Hall–Kier alpha value is -2.34. The lowest BCUT2D eigenvalue weighted by molar-refractivity contribution is 0.0944. The smallest absolute Gasteiger partial charge is 0.274 e. The molecule has 1 amide bonds. The Kier molecular flexibility index (Phi) is 3.39. The molecule has 0 unspecified atom stereocenters. The first-order chi connectivity index (χ1) is 9.74. The number of hydrogen-bond acceptors (Lipinski definition) is 5. The highest BCUT2D eigenvalue weighted by molar-refractivity contribution is 7.15. The Bertz CT molecular complexity index is 712. The monoisotopic (exact) mass is 288 g/mol. The predicted molar refractivity (Wildman–Crippen MR) is 74.4 cm³/mol. The number of amides is 1. The van der Waals surface area contributed by atoms with Crippen molar-refractivity contribution in [2.75, 3.05) is 0 Å². The normalized spacial score (nSPS) is 10.7. The van der Waals surface area contributed by atoms with Gasteiger partial charge in [-0.05, 0) is 31.2 Å². The molecule has 3 heterocycles. The summed E-state index contributed by atoms with van der Waals surface area (Å²) in [5, 5.41) is 2.75. The van der Waals surface area contributed by atoms with Crippen molar-refractivity contribution in [2.24, 2.45) is 0 Å². The fourth-order valence-corrected chi connectivity index (χ4v) is 2.66. The zero-order valence-electron chi connectivity index (χ0n) is 10.8. The second-order valence-electron chi connectivity index (χ2n) is 4.20. The third kappa shape index (κ3) is 2.50. The molecule has 0 spiro atoms. The summed E-state index contributed by atoms with van der Waals surface area (Å²) in [4.78, 5) is 18.2. The van der Waals surface area contributed by atoms with Gasteiger partial charge >= 0.3 is 0 Å². The molecule has 0 atom stereocenters. The van der Waals surface area contributed by atoms with Crippen LogP contribution in [0.1, 0.15) is 21.1 Å². The summed E-state index contributed by atoms with van der Waals surface area (Å²) in [6.45, 7) is 2.32. The van der Waals surface area contributed by atoms with Crippen LogP contribution in [0.2, 0.25) is 0 Å². The van der Waals surface area contributed by atoms with Crippen LogP contribution in [-0.2, 0) is 6.54 Å². The minimum atomic E-state index is -0.281. The molecule has 0 saturated heterocycles. The molecular formula is C14H12N2O3S. The zero-order valence-corrected chi connectivity index (χ0v) is 11.6. The maximum absolute atomic E-state index is 12.1. The van der Waals surface area contributed by atoms with Gasteiger partial charge in [0.05, 0.1) is 17.7 Å². The third-order valence-electron chi connectivity index (χ3n) is 2.75. The van der Waals surface area contributed by atoms with Crippen LogP contribution in [0.15, 0.2) is 45.8 Å². The van der Waals surface area contributed by atoms with Crippen LogP contribution in [0, 0.1) is 6.92 Å². The fraction of sp³-hybridized carbons (Fsp3) is 0.143. The molecule has 102 valence electrons. The summed E-state index contributed by atoms with van der Waals surface area (Å²) in [7, 11) is 0. The molecule has 0 bridgehead atoms. The van der Waals surface area contributed by atoms with Crippen molar-refractivity contribution in [1.29, 1.82) is 0 Å². The fourth-order valence-electron chi connectivity index (χ4n) is 1.80. The first-order valence-electron chi connectivity index (χ1n) is 6.05. The number of carbonyl (C=O) groups excluding carboxylic acids is 1. The molecule has 3 aromatic heterocycles. The van der Waals surface area contributed by atoms with Crippen molar-refractivity contribution in [2.45, 2.75) is 13.5 Å². The number of thiophene rings is 1. The zero-order chi connectivity index (χ0) is 13.9. The summed E-state index contributed by atoms with van der Waals surface area (Å²) in [6.07, 6.45) is 2.85. The van der Waals surface area contributed by atoms with Gasteiger partial charge in [-0.3, -0.25) is 4.79 Å². The summed E-state index contributed by atoms with van der Waals surface area (Å²) in [6, 6.07) is 7.47. The van der Waals surface area contributed by atoms with Crippen molar-refractivity contribution >= 4 is 17.2 Å². The van der Waals surface area contributed by atoms with Crippen LogP contribution in [-0.4, -0.2) is 10.9 Å². The van der Waals surface area contributed by atoms with Crippen LogP contribution in [0.3, 0.4) is 0 Å². The summed E-state index contributed by atoms with van der Waals surface area (Å²) in [5.41, 5.74) is 0.290. The van der Waals surface area contributed by atoms with Crippen LogP contribution < -0.4 is 5.32 Å². The Balaban J connectivity index is 1.77. The highest BCUT2D eigenvalue weighted by Crippen LogP contribution is 2.29. The van der Waals surface area contributed by atoms with Gasteiger partial charge in [-0.25, -0.2) is 4.98 Å². The van der Waals surface area contributed by atoms with Gasteiger partial charge in [0.1, 0.15) is 5.76 Å². The van der Waals surface area contributed by atoms with Gasteiger partial charge in [0.25, 0.3) is 5.91 Å². The van der Waals surface area contributed by atoms with E-state index in [1.807, 2.05) is 19.1 Å². The molecule has 0 aliphatic carbocycles. The number of aryl methyl sites for hydroxylation is 1. The highest BCUT2D eigenvalue weighted by Gasteiger charge is 2.19. The largest absolute Gasteiger partial charge is 0.467 e. The summed E-state index contributed by atoms with van der Waals surface area (Å²) < 4.78 is 10.5. The van der Waals surface area contributed by atoms with Crippen molar-refractivity contribution < 1.29 is 13.6 Å². The molecule has 1 N–H and O–H groups in total. The Morgan fingerprint density at radius 3 is 2.95 bits per heavy atom. The lowest BCUT2D eigenvalue weighted by Gasteiger charge is -2.01. The number of carbonyl (C=O) groups is 1. The van der Waals surface area contributed by atoms with E-state index < -0.39 is 0 Å². The van der Waals surface area contributed by atoms with E-state index in [-0.39, 0.29) is 5.91 Å². The molecule has 6 heteroatoms. The molecular weight excluding hydrogens is 276 g/mol. The van der Waals surface area contributed by atoms with Crippen molar-refractivity contribution in [3.05, 3.63) is 53.3 Å². The van der Waals surface area contributed by atoms with Gasteiger partial charge in [-0.15, -0.1) is 11.3 Å². The molecule has 0 fully saturated rings. The van der Waals surface area contributed by atoms with E-state index in [0.29, 0.717) is 23.8 Å². The number of furan rings is 1. The number of nitrogens with zero attached hydrogens (tertiary/aromatic N) is 1. The van der Waals surface area contributed by atoms with Crippen LogP contribution in [0.25, 0.3) is 10.6 Å². The Morgan fingerprint density at radius 2 is 2.25 bits per heavy atom. The molecule has 0 aromatic carbocycles. The minimum Gasteiger partial charge on any atom is -0.467 e. The van der Waals surface area contributed by atoms with E-state index in [4.69, 9.17) is 8.83 Å². The van der Waals surface area contributed by atoms with E-state index >= 15 is 0 Å². The number of aromatic nitrogens is 1. The molecule has 0 saturated carbocycles. The lowest BCUT2D eigenvalue weighted by atomic mass is 10.2. The maximum Gasteiger partial charge on any atom is 0.274 e. The first-order valence-corrected chi connectivity index (χ1v) is 6.86. The molecule has 0 aliphatic heterocycles. The molecule has 3 aromatic rings. The molecule has 0 radical (unpaired) electrons. The van der Waals surface area contributed by atoms with Gasteiger partial charge in [-0.1, -0.05) is 0 Å². The average molecular weight is 288 g/mol. The SMILES string of the molecule is Cc1ccc(-c2ocnc2C(=O)NCc2ccco2)s1. The Morgan fingerprint density at radius 1 is 1.35 bits per heavy atom. The average Bonchev–Trinajstić information content (AvgIpc) is 3.16. The molecule has 3 rings (SSSR count). The standard InChI is InChI=1S/C14H12N2O3S/c1-9-4-5-11(20-9)13-12(16-8-19-13)14(17)15-7-10-3-2-6-18-10/h2-6,8H,7H2,1H3,(H,15,17). The second-order valence-corrected chi connectivity index (χ2v) is 5.49. The summed E-state index contributed by atoms with van der Waals surface area (Å²) in [5.74, 6) is 0.909. The van der Waals surface area contributed by atoms with Gasteiger partial charge in [0.15, 0.2) is 17.8 Å². The van der Waals surface area contributed by atoms with Gasteiger partial charge in [0, 0.05) is 4.88 Å². The number of rotatable bonds is 4. The first kappa shape index (κ1) is 12.7. The van der Waals surface area contributed by atoms with Crippen LogP contribution >= 0.6 is 11.3 Å². The van der Waals surface area contributed by atoms with E-state index in [2.05, 4.69) is 10.3 Å². The highest BCUT2D eigenvalue weighted by atomic mass is 32.1. The minimum absolute atomic E-state index is 0.281. The van der Waals surface area contributed by atoms with Crippen molar-refractivity contribution in [3.63, 3.8) is 0 Å². The molecule has 20 heavy (non-hydrogen) atoms. The molecule has 5 nitrogen and oxygen atoms in total.